The van der Waals surface area contributed by atoms with Gasteiger partial charge in [-0.05, 0) is 26.0 Å². The molecule has 1 N–H and O–H groups in total. The van der Waals surface area contributed by atoms with Crippen LogP contribution in [0.1, 0.15) is 26.0 Å². The van der Waals surface area contributed by atoms with Crippen LogP contribution in [0.25, 0.3) is 10.9 Å². The van der Waals surface area contributed by atoms with Crippen molar-refractivity contribution in [3.8, 4) is 11.5 Å². The van der Waals surface area contributed by atoms with Crippen molar-refractivity contribution in [1.29, 1.82) is 0 Å². The zero-order chi connectivity index (χ0) is 14.7. The molecule has 0 aliphatic carbocycles. The molecule has 0 bridgehead atoms. The van der Waals surface area contributed by atoms with E-state index in [0.29, 0.717) is 24.7 Å². The molecule has 1 heterocycles. The summed E-state index contributed by atoms with van der Waals surface area (Å²) in [6.45, 7) is 4.30. The van der Waals surface area contributed by atoms with Crippen molar-refractivity contribution in [1.82, 2.24) is 4.98 Å². The molecule has 4 nitrogen and oxygen atoms in total. The van der Waals surface area contributed by atoms with Crippen LogP contribution in [0.3, 0.4) is 0 Å². The average Bonchev–Trinajstić information content (AvgIpc) is 2.41. The van der Waals surface area contributed by atoms with E-state index in [-0.39, 0.29) is 10.9 Å². The summed E-state index contributed by atoms with van der Waals surface area (Å²) in [5.41, 5.74) is -0.711. The fraction of sp³-hybridized carbons (Fsp3) is 0.357. The number of halogens is 2. The number of nitrogens with one attached hydrogen (secondary N) is 1. The largest absolute Gasteiger partial charge is 0.493 e. The number of hydrogen-bond acceptors (Lipinski definition) is 3. The third kappa shape index (κ3) is 2.59. The second kappa shape index (κ2) is 5.90. The maximum Gasteiger partial charge on any atom is 0.278 e. The zero-order valence-corrected chi connectivity index (χ0v) is 11.2. The van der Waals surface area contributed by atoms with Gasteiger partial charge in [-0.15, -0.1) is 0 Å². The Bertz CT molecular complexity index is 667. The van der Waals surface area contributed by atoms with Crippen LogP contribution in [0.15, 0.2) is 23.0 Å². The first-order chi connectivity index (χ1) is 9.58. The van der Waals surface area contributed by atoms with Crippen LogP contribution < -0.4 is 14.9 Å². The number of hydrogen-bond donors (Lipinski definition) is 1. The molecular weight excluding hydrogens is 268 g/mol. The molecule has 0 spiro atoms. The summed E-state index contributed by atoms with van der Waals surface area (Å²) in [6.07, 6.45) is -2.75. The maximum absolute atomic E-state index is 12.8. The Morgan fingerprint density at radius 2 is 1.75 bits per heavy atom. The second-order valence-corrected chi connectivity index (χ2v) is 4.07. The third-order valence-electron chi connectivity index (χ3n) is 2.77. The number of aromatic amines is 1. The predicted molar refractivity (Wildman–Crippen MR) is 71.9 cm³/mol. The van der Waals surface area contributed by atoms with Gasteiger partial charge in [0.25, 0.3) is 6.43 Å². The van der Waals surface area contributed by atoms with Crippen molar-refractivity contribution in [3.05, 3.63) is 34.1 Å². The Morgan fingerprint density at radius 1 is 1.15 bits per heavy atom. The molecule has 0 atom stereocenters. The topological polar surface area (TPSA) is 51.3 Å². The van der Waals surface area contributed by atoms with E-state index >= 15 is 0 Å². The number of rotatable bonds is 5. The van der Waals surface area contributed by atoms with Gasteiger partial charge < -0.3 is 14.5 Å². The van der Waals surface area contributed by atoms with Gasteiger partial charge in [0.2, 0.25) is 0 Å². The molecule has 0 aliphatic heterocycles. The van der Waals surface area contributed by atoms with E-state index in [0.717, 1.165) is 6.07 Å². The first-order valence-corrected chi connectivity index (χ1v) is 6.32. The van der Waals surface area contributed by atoms with Crippen LogP contribution in [0, 0.1) is 0 Å². The Balaban J connectivity index is 2.77. The molecule has 0 unspecified atom stereocenters. The van der Waals surface area contributed by atoms with E-state index < -0.39 is 17.5 Å². The number of pyridine rings is 1. The van der Waals surface area contributed by atoms with Crippen molar-refractivity contribution >= 4 is 10.9 Å². The maximum atomic E-state index is 12.8. The molecule has 0 amide bonds. The second-order valence-electron chi connectivity index (χ2n) is 4.07. The van der Waals surface area contributed by atoms with Crippen LogP contribution in [0.4, 0.5) is 8.78 Å². The molecule has 0 fully saturated rings. The fourth-order valence-electron chi connectivity index (χ4n) is 2.00. The Morgan fingerprint density at radius 3 is 2.35 bits per heavy atom. The number of fused-ring (bicyclic) bond motifs is 1. The minimum absolute atomic E-state index is 0.224. The highest BCUT2D eigenvalue weighted by Gasteiger charge is 2.16. The van der Waals surface area contributed by atoms with E-state index in [1.54, 1.807) is 26.0 Å². The standard InChI is InChI=1S/C14H15F2NO3/c1-3-19-10-5-6-11(20-4-2)13-12(10)9(18)7-8(17-13)14(15)16/h5-7,14H,3-4H2,1-2H3,(H,17,18). The van der Waals surface area contributed by atoms with Gasteiger partial charge in [0, 0.05) is 6.07 Å². The summed E-state index contributed by atoms with van der Waals surface area (Å²) >= 11 is 0. The fourth-order valence-corrected chi connectivity index (χ4v) is 2.00. The molecular formula is C14H15F2NO3. The van der Waals surface area contributed by atoms with E-state index in [2.05, 4.69) is 4.98 Å². The van der Waals surface area contributed by atoms with Gasteiger partial charge in [-0.2, -0.15) is 0 Å². The zero-order valence-electron chi connectivity index (χ0n) is 11.2. The molecule has 2 rings (SSSR count). The minimum Gasteiger partial charge on any atom is -0.493 e. The van der Waals surface area contributed by atoms with E-state index in [1.165, 1.54) is 0 Å². The van der Waals surface area contributed by atoms with Crippen molar-refractivity contribution in [2.45, 2.75) is 20.3 Å². The van der Waals surface area contributed by atoms with Gasteiger partial charge in [-0.1, -0.05) is 0 Å². The predicted octanol–water partition coefficient (Wildman–Crippen LogP) is 3.26. The monoisotopic (exact) mass is 283 g/mol. The van der Waals surface area contributed by atoms with Gasteiger partial charge >= 0.3 is 0 Å². The summed E-state index contributed by atoms with van der Waals surface area (Å²) in [7, 11) is 0. The Kier molecular flexibility index (Phi) is 4.22. The van der Waals surface area contributed by atoms with Gasteiger partial charge in [-0.3, -0.25) is 4.79 Å². The van der Waals surface area contributed by atoms with Gasteiger partial charge in [0.15, 0.2) is 5.43 Å². The molecule has 0 aliphatic rings. The highest BCUT2D eigenvalue weighted by atomic mass is 19.3. The molecule has 0 saturated carbocycles. The molecule has 1 aromatic heterocycles. The summed E-state index contributed by atoms with van der Waals surface area (Å²) in [5, 5.41) is 0.224. The number of benzene rings is 1. The summed E-state index contributed by atoms with van der Waals surface area (Å²) in [4.78, 5) is 14.6. The average molecular weight is 283 g/mol. The van der Waals surface area contributed by atoms with Crippen molar-refractivity contribution < 1.29 is 18.3 Å². The first kappa shape index (κ1) is 14.3. The van der Waals surface area contributed by atoms with Crippen LogP contribution in [0.2, 0.25) is 0 Å². The highest BCUT2D eigenvalue weighted by Crippen LogP contribution is 2.31. The quantitative estimate of drug-likeness (QED) is 0.916. The molecule has 0 saturated heterocycles. The lowest BCUT2D eigenvalue weighted by Crippen LogP contribution is -2.09. The minimum atomic E-state index is -2.75. The van der Waals surface area contributed by atoms with E-state index in [1.807, 2.05) is 0 Å². The smallest absolute Gasteiger partial charge is 0.278 e. The van der Waals surface area contributed by atoms with Crippen LogP contribution in [0.5, 0.6) is 11.5 Å². The lowest BCUT2D eigenvalue weighted by atomic mass is 10.1. The van der Waals surface area contributed by atoms with E-state index in [9.17, 15) is 13.6 Å². The SMILES string of the molecule is CCOc1ccc(OCC)c2c(=O)cc(C(F)F)[nH]c12. The lowest BCUT2D eigenvalue weighted by molar-refractivity contribution is 0.146. The molecule has 1 aromatic carbocycles. The Labute approximate surface area is 114 Å². The normalized spacial score (nSPS) is 11.1. The van der Waals surface area contributed by atoms with Crippen LogP contribution in [-0.4, -0.2) is 18.2 Å². The summed E-state index contributed by atoms with van der Waals surface area (Å²) < 4.78 is 36.3. The van der Waals surface area contributed by atoms with Crippen LogP contribution in [-0.2, 0) is 0 Å². The van der Waals surface area contributed by atoms with E-state index in [4.69, 9.17) is 9.47 Å². The van der Waals surface area contributed by atoms with Crippen molar-refractivity contribution in [2.75, 3.05) is 13.2 Å². The first-order valence-electron chi connectivity index (χ1n) is 6.32. The highest BCUT2D eigenvalue weighted by molar-refractivity contribution is 5.90. The summed E-state index contributed by atoms with van der Waals surface area (Å²) in [5.74, 6) is 0.707. The van der Waals surface area contributed by atoms with Crippen molar-refractivity contribution in [2.24, 2.45) is 0 Å². The molecule has 0 radical (unpaired) electrons. The number of H-pyrrole nitrogens is 1. The number of alkyl halides is 2. The van der Waals surface area contributed by atoms with Gasteiger partial charge in [-0.25, -0.2) is 8.78 Å². The molecule has 2 aromatic rings. The lowest BCUT2D eigenvalue weighted by Gasteiger charge is -2.12. The van der Waals surface area contributed by atoms with Gasteiger partial charge in [0.05, 0.1) is 29.8 Å². The molecule has 108 valence electrons. The number of ether oxygens (including phenoxy) is 2. The van der Waals surface area contributed by atoms with Crippen LogP contribution >= 0.6 is 0 Å². The molecule has 6 heteroatoms. The van der Waals surface area contributed by atoms with Crippen molar-refractivity contribution in [3.63, 3.8) is 0 Å². The van der Waals surface area contributed by atoms with Gasteiger partial charge in [0.1, 0.15) is 11.5 Å². The Hall–Kier alpha value is -2.11. The summed E-state index contributed by atoms with van der Waals surface area (Å²) in [6, 6.07) is 4.10. The number of aromatic nitrogens is 1. The third-order valence-corrected chi connectivity index (χ3v) is 2.77. The molecule has 20 heavy (non-hydrogen) atoms.